The standard InChI is InChI=1S/C23H19ClN2O5/c1-4-26-21(27)16(13(3)18(12-25)22(26)28)11-15-7-9-20(31-15)14-6-8-19(24)17(10-14)23(29)30-5-2/h6-11H,4-5H2,1-3H3/b16-11+. The van der Waals surface area contributed by atoms with Crippen molar-refractivity contribution in [3.05, 3.63) is 63.4 Å². The number of halogens is 1. The Morgan fingerprint density at radius 2 is 1.97 bits per heavy atom. The van der Waals surface area contributed by atoms with Crippen LogP contribution in [-0.4, -0.2) is 35.8 Å². The van der Waals surface area contributed by atoms with Crippen LogP contribution in [0.2, 0.25) is 5.02 Å². The first-order valence-corrected chi connectivity index (χ1v) is 9.96. The van der Waals surface area contributed by atoms with Gasteiger partial charge in [-0.3, -0.25) is 14.5 Å². The van der Waals surface area contributed by atoms with Gasteiger partial charge in [0.05, 0.1) is 17.2 Å². The van der Waals surface area contributed by atoms with Crippen molar-refractivity contribution in [1.29, 1.82) is 5.26 Å². The molecule has 2 amide bonds. The summed E-state index contributed by atoms with van der Waals surface area (Å²) in [6.07, 6.45) is 1.50. The SMILES string of the molecule is CCOC(=O)c1cc(-c2ccc(/C=C3/C(=O)N(CC)C(=O)C(C#N)=C3C)o2)ccc1Cl. The van der Waals surface area contributed by atoms with E-state index < -0.39 is 17.8 Å². The van der Waals surface area contributed by atoms with Crippen LogP contribution in [0.5, 0.6) is 0 Å². The molecule has 1 aromatic carbocycles. The topological polar surface area (TPSA) is 101 Å². The van der Waals surface area contributed by atoms with Crippen molar-refractivity contribution in [2.24, 2.45) is 0 Å². The molecule has 0 atom stereocenters. The molecule has 0 fully saturated rings. The number of esters is 1. The fourth-order valence-corrected chi connectivity index (χ4v) is 3.38. The lowest BCUT2D eigenvalue weighted by Gasteiger charge is -2.25. The Bertz CT molecular complexity index is 1180. The minimum atomic E-state index is -0.600. The second-order valence-electron chi connectivity index (χ2n) is 6.64. The molecule has 0 unspecified atom stereocenters. The minimum absolute atomic E-state index is 0.0729. The number of nitriles is 1. The second-order valence-corrected chi connectivity index (χ2v) is 7.05. The molecule has 7 nitrogen and oxygen atoms in total. The third kappa shape index (κ3) is 4.16. The summed E-state index contributed by atoms with van der Waals surface area (Å²) in [6, 6.07) is 10.1. The van der Waals surface area contributed by atoms with Crippen LogP contribution in [0.3, 0.4) is 0 Å². The van der Waals surface area contributed by atoms with E-state index in [0.29, 0.717) is 22.7 Å². The van der Waals surface area contributed by atoms with Gasteiger partial charge in [-0.25, -0.2) is 4.79 Å². The van der Waals surface area contributed by atoms with Crippen molar-refractivity contribution in [1.82, 2.24) is 4.90 Å². The number of carbonyl (C=O) groups excluding carboxylic acids is 3. The van der Waals surface area contributed by atoms with E-state index in [9.17, 15) is 19.6 Å². The van der Waals surface area contributed by atoms with Gasteiger partial charge < -0.3 is 9.15 Å². The lowest BCUT2D eigenvalue weighted by atomic mass is 9.95. The molecule has 1 aliphatic rings. The molecule has 1 aromatic heterocycles. The fourth-order valence-electron chi connectivity index (χ4n) is 3.19. The van der Waals surface area contributed by atoms with Crippen molar-refractivity contribution in [3.63, 3.8) is 0 Å². The zero-order chi connectivity index (χ0) is 22.7. The highest BCUT2D eigenvalue weighted by Crippen LogP contribution is 2.30. The number of amides is 2. The lowest BCUT2D eigenvalue weighted by molar-refractivity contribution is -0.140. The highest BCUT2D eigenvalue weighted by molar-refractivity contribution is 6.33. The normalized spacial score (nSPS) is 15.5. The number of carbonyl (C=O) groups is 3. The zero-order valence-electron chi connectivity index (χ0n) is 17.2. The molecule has 0 saturated carbocycles. The van der Waals surface area contributed by atoms with Crippen LogP contribution in [0, 0.1) is 11.3 Å². The summed E-state index contributed by atoms with van der Waals surface area (Å²) in [6.45, 7) is 5.30. The number of hydrogen-bond acceptors (Lipinski definition) is 6. The summed E-state index contributed by atoms with van der Waals surface area (Å²) < 4.78 is 10.8. The lowest BCUT2D eigenvalue weighted by Crippen LogP contribution is -2.42. The molecule has 8 heteroatoms. The van der Waals surface area contributed by atoms with E-state index in [-0.39, 0.29) is 34.9 Å². The van der Waals surface area contributed by atoms with Crippen LogP contribution in [0.1, 0.15) is 36.9 Å². The third-order valence-electron chi connectivity index (χ3n) is 4.80. The Kier molecular flexibility index (Phi) is 6.42. The van der Waals surface area contributed by atoms with Crippen LogP contribution < -0.4 is 0 Å². The predicted octanol–water partition coefficient (Wildman–Crippen LogP) is 4.39. The molecule has 158 valence electrons. The maximum Gasteiger partial charge on any atom is 0.339 e. The largest absolute Gasteiger partial charge is 0.462 e. The van der Waals surface area contributed by atoms with Gasteiger partial charge in [0.1, 0.15) is 23.2 Å². The average Bonchev–Trinajstić information content (AvgIpc) is 3.21. The Morgan fingerprint density at radius 1 is 1.23 bits per heavy atom. The Hall–Kier alpha value is -3.63. The number of ether oxygens (including phenoxy) is 1. The van der Waals surface area contributed by atoms with E-state index >= 15 is 0 Å². The van der Waals surface area contributed by atoms with Crippen LogP contribution >= 0.6 is 11.6 Å². The van der Waals surface area contributed by atoms with Crippen LogP contribution in [0.25, 0.3) is 17.4 Å². The van der Waals surface area contributed by atoms with Crippen molar-refractivity contribution in [3.8, 4) is 17.4 Å². The van der Waals surface area contributed by atoms with Gasteiger partial charge in [-0.15, -0.1) is 0 Å². The maximum absolute atomic E-state index is 12.7. The number of benzene rings is 1. The van der Waals surface area contributed by atoms with Crippen molar-refractivity contribution >= 4 is 35.5 Å². The fraction of sp³-hybridized carbons (Fsp3) is 0.217. The molecule has 2 aromatic rings. The summed E-state index contributed by atoms with van der Waals surface area (Å²) in [4.78, 5) is 38.1. The van der Waals surface area contributed by atoms with Gasteiger partial charge in [-0.1, -0.05) is 11.6 Å². The Morgan fingerprint density at radius 3 is 2.61 bits per heavy atom. The van der Waals surface area contributed by atoms with Crippen molar-refractivity contribution < 1.29 is 23.5 Å². The van der Waals surface area contributed by atoms with Gasteiger partial charge in [0.25, 0.3) is 11.8 Å². The number of rotatable bonds is 5. The molecular formula is C23H19ClN2O5. The molecule has 1 aliphatic heterocycles. The van der Waals surface area contributed by atoms with E-state index in [1.165, 1.54) is 6.08 Å². The number of hydrogen-bond donors (Lipinski definition) is 0. The second kappa shape index (κ2) is 9.02. The molecule has 31 heavy (non-hydrogen) atoms. The van der Waals surface area contributed by atoms with Crippen LogP contribution in [0.4, 0.5) is 0 Å². The molecule has 0 N–H and O–H groups in total. The molecule has 0 aliphatic carbocycles. The quantitative estimate of drug-likeness (QED) is 0.390. The summed E-state index contributed by atoms with van der Waals surface area (Å²) in [5, 5.41) is 9.60. The van der Waals surface area contributed by atoms with Gasteiger partial charge in [0, 0.05) is 17.7 Å². The first-order valence-electron chi connectivity index (χ1n) is 9.58. The van der Waals surface area contributed by atoms with Crippen molar-refractivity contribution in [2.45, 2.75) is 20.8 Å². The molecule has 0 saturated heterocycles. The molecule has 0 spiro atoms. The molecular weight excluding hydrogens is 420 g/mol. The predicted molar refractivity (Wildman–Crippen MR) is 114 cm³/mol. The van der Waals surface area contributed by atoms with Gasteiger partial charge in [0.2, 0.25) is 0 Å². The van der Waals surface area contributed by atoms with Crippen LogP contribution in [0.15, 0.2) is 51.5 Å². The number of nitrogens with zero attached hydrogens (tertiary/aromatic N) is 2. The van der Waals surface area contributed by atoms with Gasteiger partial charge >= 0.3 is 5.97 Å². The van der Waals surface area contributed by atoms with Gasteiger partial charge in [-0.05, 0) is 62.8 Å². The smallest absolute Gasteiger partial charge is 0.339 e. The number of likely N-dealkylation sites (N-methyl/N-ethyl adjacent to an activating group) is 1. The molecule has 0 bridgehead atoms. The van der Waals surface area contributed by atoms with Crippen LogP contribution in [-0.2, 0) is 14.3 Å². The maximum atomic E-state index is 12.7. The van der Waals surface area contributed by atoms with E-state index in [1.54, 1.807) is 51.1 Å². The molecule has 3 rings (SSSR count). The first-order chi connectivity index (χ1) is 14.8. The average molecular weight is 439 g/mol. The van der Waals surface area contributed by atoms with E-state index in [4.69, 9.17) is 20.8 Å². The van der Waals surface area contributed by atoms with E-state index in [2.05, 4.69) is 0 Å². The Balaban J connectivity index is 2.00. The Labute approximate surface area is 184 Å². The summed E-state index contributed by atoms with van der Waals surface area (Å²) in [7, 11) is 0. The third-order valence-corrected chi connectivity index (χ3v) is 5.13. The highest BCUT2D eigenvalue weighted by atomic mass is 35.5. The monoisotopic (exact) mass is 438 g/mol. The highest BCUT2D eigenvalue weighted by Gasteiger charge is 2.34. The van der Waals surface area contributed by atoms with Crippen molar-refractivity contribution in [2.75, 3.05) is 13.2 Å². The van der Waals surface area contributed by atoms with Gasteiger partial charge in [-0.2, -0.15) is 5.26 Å². The number of furan rings is 1. The molecule has 2 heterocycles. The van der Waals surface area contributed by atoms with Gasteiger partial charge in [0.15, 0.2) is 0 Å². The number of imide groups is 1. The van der Waals surface area contributed by atoms with E-state index in [1.807, 2.05) is 6.07 Å². The summed E-state index contributed by atoms with van der Waals surface area (Å²) in [5.74, 6) is -0.823. The summed E-state index contributed by atoms with van der Waals surface area (Å²) in [5.41, 5.74) is 1.26. The summed E-state index contributed by atoms with van der Waals surface area (Å²) >= 11 is 6.10. The first kappa shape index (κ1) is 22.1. The van der Waals surface area contributed by atoms with E-state index in [0.717, 1.165) is 4.90 Å². The molecule has 0 radical (unpaired) electrons. The minimum Gasteiger partial charge on any atom is -0.462 e. The zero-order valence-corrected chi connectivity index (χ0v) is 17.9.